The Hall–Kier alpha value is -1.53. The van der Waals surface area contributed by atoms with Gasteiger partial charge in [0.1, 0.15) is 11.9 Å². The van der Waals surface area contributed by atoms with Gasteiger partial charge in [-0.3, -0.25) is 0 Å². The fraction of sp³-hybridized carbons (Fsp3) is 0.0833. The largest absolute Gasteiger partial charge is 0.206 e. The van der Waals surface area contributed by atoms with Gasteiger partial charge in [0, 0.05) is 0 Å². The van der Waals surface area contributed by atoms with E-state index in [0.717, 1.165) is 5.57 Å². The van der Waals surface area contributed by atoms with Gasteiger partial charge in [-0.1, -0.05) is 18.7 Å². The molecule has 1 nitrogen and oxygen atoms in total. The van der Waals surface area contributed by atoms with Crippen LogP contribution in [0.1, 0.15) is 18.1 Å². The Bertz CT molecular complexity index is 443. The average molecular weight is 219 g/mol. The van der Waals surface area contributed by atoms with Gasteiger partial charge >= 0.3 is 0 Å². The number of hydrogen-bond acceptors (Lipinski definition) is 2. The molecular weight excluding hydrogens is 209 g/mol. The van der Waals surface area contributed by atoms with Crippen molar-refractivity contribution in [3.8, 4) is 6.07 Å². The number of rotatable bonds is 3. The number of nitrogens with zero attached hydrogens (tertiary/aromatic N) is 1. The maximum absolute atomic E-state index is 13.3. The highest BCUT2D eigenvalue weighted by atomic mass is 32.2. The summed E-state index contributed by atoms with van der Waals surface area (Å²) in [7, 11) is 0. The monoisotopic (exact) mass is 219 g/mol. The van der Waals surface area contributed by atoms with E-state index in [1.165, 1.54) is 17.8 Å². The lowest BCUT2D eigenvalue weighted by atomic mass is 10.0. The molecule has 0 aliphatic rings. The van der Waals surface area contributed by atoms with Crippen molar-refractivity contribution >= 4 is 17.3 Å². The Morgan fingerprint density at radius 1 is 1.60 bits per heavy atom. The van der Waals surface area contributed by atoms with Crippen molar-refractivity contribution in [3.05, 3.63) is 52.5 Å². The summed E-state index contributed by atoms with van der Waals surface area (Å²) >= 11 is 1.41. The molecule has 3 heteroatoms. The third kappa shape index (κ3) is 2.71. The molecule has 1 aromatic carbocycles. The maximum Gasteiger partial charge on any atom is 0.141 e. The minimum Gasteiger partial charge on any atom is -0.206 e. The first-order valence-electron chi connectivity index (χ1n) is 4.32. The van der Waals surface area contributed by atoms with Gasteiger partial charge in [0.15, 0.2) is 0 Å². The molecule has 0 aliphatic heterocycles. The lowest BCUT2D eigenvalue weighted by molar-refractivity contribution is 0.623. The van der Waals surface area contributed by atoms with E-state index in [1.54, 1.807) is 17.5 Å². The van der Waals surface area contributed by atoms with Gasteiger partial charge in [-0.2, -0.15) is 5.26 Å². The quantitative estimate of drug-likeness (QED) is 0.769. The summed E-state index contributed by atoms with van der Waals surface area (Å²) < 4.78 is 13.3. The lowest BCUT2D eigenvalue weighted by Gasteiger charge is -2.04. The molecule has 0 atom stereocenters. The van der Waals surface area contributed by atoms with Gasteiger partial charge in [0.2, 0.25) is 0 Å². The van der Waals surface area contributed by atoms with Crippen LogP contribution in [-0.2, 0) is 0 Å². The Morgan fingerprint density at radius 2 is 2.33 bits per heavy atom. The van der Waals surface area contributed by atoms with Crippen molar-refractivity contribution in [1.29, 1.82) is 5.26 Å². The van der Waals surface area contributed by atoms with E-state index in [1.807, 2.05) is 18.4 Å². The maximum atomic E-state index is 13.3. The summed E-state index contributed by atoms with van der Waals surface area (Å²) in [5, 5.41) is 12.3. The Labute approximate surface area is 92.9 Å². The van der Waals surface area contributed by atoms with Crippen LogP contribution in [0.2, 0.25) is 0 Å². The fourth-order valence-corrected chi connectivity index (χ4v) is 1.61. The van der Waals surface area contributed by atoms with Gasteiger partial charge in [0.25, 0.3) is 0 Å². The first kappa shape index (κ1) is 11.5. The van der Waals surface area contributed by atoms with E-state index in [9.17, 15) is 4.39 Å². The molecular formula is C12H10FNS. The number of halogens is 1. The second kappa shape index (κ2) is 5.38. The van der Waals surface area contributed by atoms with Gasteiger partial charge in [-0.15, -0.1) is 11.8 Å². The SMILES string of the molecule is C=CS/C=C(\C)c1cccc(F)c1C#N. The Morgan fingerprint density at radius 3 is 2.93 bits per heavy atom. The van der Waals surface area contributed by atoms with E-state index in [-0.39, 0.29) is 5.56 Å². The highest BCUT2D eigenvalue weighted by molar-refractivity contribution is 8.05. The van der Waals surface area contributed by atoms with Crippen LogP contribution in [0.4, 0.5) is 4.39 Å². The topological polar surface area (TPSA) is 23.8 Å². The zero-order chi connectivity index (χ0) is 11.3. The summed E-state index contributed by atoms with van der Waals surface area (Å²) in [4.78, 5) is 0. The molecule has 0 radical (unpaired) electrons. The molecule has 0 spiro atoms. The highest BCUT2D eigenvalue weighted by Gasteiger charge is 2.08. The van der Waals surface area contributed by atoms with Gasteiger partial charge in [-0.25, -0.2) is 4.39 Å². The number of allylic oxidation sites excluding steroid dienone is 1. The molecule has 0 N–H and O–H groups in total. The molecule has 0 saturated carbocycles. The van der Waals surface area contributed by atoms with Crippen LogP contribution >= 0.6 is 11.8 Å². The van der Waals surface area contributed by atoms with Crippen LogP contribution in [0.3, 0.4) is 0 Å². The van der Waals surface area contributed by atoms with E-state index >= 15 is 0 Å². The summed E-state index contributed by atoms with van der Waals surface area (Å²) in [6.45, 7) is 5.41. The van der Waals surface area contributed by atoms with Gasteiger partial charge in [0.05, 0.1) is 5.56 Å². The molecule has 0 amide bonds. The summed E-state index contributed by atoms with van der Waals surface area (Å²) in [6.07, 6.45) is 0. The number of hydrogen-bond donors (Lipinski definition) is 0. The van der Waals surface area contributed by atoms with Crippen LogP contribution in [0.15, 0.2) is 35.6 Å². The first-order chi connectivity index (χ1) is 7.20. The molecule has 0 bridgehead atoms. The number of nitriles is 1. The van der Waals surface area contributed by atoms with Crippen molar-refractivity contribution in [3.63, 3.8) is 0 Å². The molecule has 0 fully saturated rings. The van der Waals surface area contributed by atoms with E-state index < -0.39 is 5.82 Å². The van der Waals surface area contributed by atoms with Crippen LogP contribution < -0.4 is 0 Å². The zero-order valence-corrected chi connectivity index (χ0v) is 9.14. The van der Waals surface area contributed by atoms with Crippen molar-refractivity contribution in [2.24, 2.45) is 0 Å². The molecule has 15 heavy (non-hydrogen) atoms. The van der Waals surface area contributed by atoms with Gasteiger partial charge < -0.3 is 0 Å². The third-order valence-corrected chi connectivity index (χ3v) is 2.57. The van der Waals surface area contributed by atoms with E-state index in [2.05, 4.69) is 6.58 Å². The fourth-order valence-electron chi connectivity index (χ4n) is 1.18. The summed E-state index contributed by atoms with van der Waals surface area (Å²) in [6, 6.07) is 6.49. The van der Waals surface area contributed by atoms with Crippen molar-refractivity contribution in [2.75, 3.05) is 0 Å². The molecule has 1 aromatic rings. The smallest absolute Gasteiger partial charge is 0.141 e. The predicted molar refractivity (Wildman–Crippen MR) is 62.6 cm³/mol. The number of thioether (sulfide) groups is 1. The average Bonchev–Trinajstić information content (AvgIpc) is 2.25. The second-order valence-corrected chi connectivity index (χ2v) is 3.72. The lowest BCUT2D eigenvalue weighted by Crippen LogP contribution is -1.90. The normalized spacial score (nSPS) is 10.9. The molecule has 0 saturated heterocycles. The van der Waals surface area contributed by atoms with Gasteiger partial charge in [-0.05, 0) is 34.9 Å². The van der Waals surface area contributed by atoms with Crippen molar-refractivity contribution in [2.45, 2.75) is 6.92 Å². The molecule has 1 rings (SSSR count). The minimum absolute atomic E-state index is 0.0934. The van der Waals surface area contributed by atoms with Crippen molar-refractivity contribution in [1.82, 2.24) is 0 Å². The van der Waals surface area contributed by atoms with E-state index in [4.69, 9.17) is 5.26 Å². The van der Waals surface area contributed by atoms with Crippen LogP contribution in [0.25, 0.3) is 5.57 Å². The highest BCUT2D eigenvalue weighted by Crippen LogP contribution is 2.23. The van der Waals surface area contributed by atoms with Crippen LogP contribution in [-0.4, -0.2) is 0 Å². The Kier molecular flexibility index (Phi) is 4.14. The second-order valence-electron chi connectivity index (χ2n) is 2.88. The minimum atomic E-state index is -0.480. The first-order valence-corrected chi connectivity index (χ1v) is 5.27. The Balaban J connectivity index is 3.20. The van der Waals surface area contributed by atoms with Crippen molar-refractivity contribution < 1.29 is 4.39 Å². The summed E-state index contributed by atoms with van der Waals surface area (Å²) in [5.41, 5.74) is 1.58. The molecule has 0 aromatic heterocycles. The molecule has 0 unspecified atom stereocenters. The molecule has 0 heterocycles. The predicted octanol–water partition coefficient (Wildman–Crippen LogP) is 3.93. The van der Waals surface area contributed by atoms with E-state index in [0.29, 0.717) is 5.56 Å². The molecule has 76 valence electrons. The van der Waals surface area contributed by atoms with Crippen LogP contribution in [0, 0.1) is 17.1 Å². The summed E-state index contributed by atoms with van der Waals surface area (Å²) in [5.74, 6) is -0.480. The molecule has 0 aliphatic carbocycles. The number of benzene rings is 1. The third-order valence-electron chi connectivity index (χ3n) is 1.89. The standard InChI is InChI=1S/C12H10FNS/c1-3-15-8-9(2)10-5-4-6-12(13)11(10)7-14/h3-6,8H,1H2,2H3/b9-8+. The van der Waals surface area contributed by atoms with Crippen LogP contribution in [0.5, 0.6) is 0 Å². The zero-order valence-electron chi connectivity index (χ0n) is 8.33.